The maximum absolute atomic E-state index is 6.08. The van der Waals surface area contributed by atoms with Crippen LogP contribution >= 0.6 is 0 Å². The van der Waals surface area contributed by atoms with Crippen molar-refractivity contribution in [2.75, 3.05) is 0 Å². The number of amidine groups is 1. The molecule has 1 N–H and O–H groups in total. The first-order valence-electron chi connectivity index (χ1n) is 18.6. The SMILES string of the molecule is CC1/C=C(/c2ccccc2)N/C(c2ccccc2)=N/[Si]2(C)c3ccccc3C3(c4ccccc4-n4c5ccccc5c5cccc3c54)c3cccc1c32. The van der Waals surface area contributed by atoms with Gasteiger partial charge in [-0.1, -0.05) is 171 Å². The van der Waals surface area contributed by atoms with E-state index in [1.165, 1.54) is 65.7 Å². The van der Waals surface area contributed by atoms with E-state index < -0.39 is 13.7 Å². The van der Waals surface area contributed by atoms with Gasteiger partial charge in [0.25, 0.3) is 0 Å². The van der Waals surface area contributed by atoms with Crippen molar-refractivity contribution in [3.8, 4) is 5.69 Å². The van der Waals surface area contributed by atoms with E-state index in [9.17, 15) is 0 Å². The van der Waals surface area contributed by atoms with Crippen molar-refractivity contribution in [1.29, 1.82) is 0 Å². The molecule has 3 aliphatic heterocycles. The third-order valence-corrected chi connectivity index (χ3v) is 15.8. The molecule has 0 aliphatic carbocycles. The Kier molecular flexibility index (Phi) is 6.39. The second-order valence-corrected chi connectivity index (χ2v) is 18.3. The van der Waals surface area contributed by atoms with Crippen LogP contribution in [-0.2, 0) is 5.41 Å². The largest absolute Gasteiger partial charge is 0.340 e. The average Bonchev–Trinajstić information content (AvgIpc) is 3.57. The standard InChI is InChI=1S/C49H37N3Si/c1-32-31-42(33-17-5-3-6-18-33)50-48(34-19-7-4-8-20-34)51-53(2)45-30-14-11-25-39(45)49(41-27-15-22-35(32)47(41)53)38-24-10-13-29-44(38)52-43-28-12-9-21-36(43)37-23-16-26-40(49)46(37)52/h3-32H,1-2H3,(H,50,51)/b42-31-. The molecule has 3 atom stereocenters. The summed E-state index contributed by atoms with van der Waals surface area (Å²) in [6, 6.07) is 62.9. The minimum atomic E-state index is -2.90. The first-order valence-corrected chi connectivity index (χ1v) is 21.1. The van der Waals surface area contributed by atoms with Crippen LogP contribution in [0.4, 0.5) is 0 Å². The van der Waals surface area contributed by atoms with Crippen LogP contribution in [0.5, 0.6) is 0 Å². The molecular weight excluding hydrogens is 659 g/mol. The summed E-state index contributed by atoms with van der Waals surface area (Å²) in [5, 5.41) is 9.29. The van der Waals surface area contributed by atoms with E-state index in [4.69, 9.17) is 4.66 Å². The molecule has 0 saturated carbocycles. The summed E-state index contributed by atoms with van der Waals surface area (Å²) < 4.78 is 8.61. The van der Waals surface area contributed by atoms with Crippen LogP contribution in [0, 0.1) is 0 Å². The fourth-order valence-electron chi connectivity index (χ4n) is 10.00. The van der Waals surface area contributed by atoms with E-state index in [0.29, 0.717) is 0 Å². The zero-order chi connectivity index (χ0) is 35.3. The number of aromatic nitrogens is 1. The van der Waals surface area contributed by atoms with Gasteiger partial charge in [-0.3, -0.25) is 4.66 Å². The van der Waals surface area contributed by atoms with Gasteiger partial charge in [-0.25, -0.2) is 0 Å². The van der Waals surface area contributed by atoms with Crippen molar-refractivity contribution < 1.29 is 0 Å². The lowest BCUT2D eigenvalue weighted by Crippen LogP contribution is -2.66. The van der Waals surface area contributed by atoms with Crippen LogP contribution < -0.4 is 15.7 Å². The van der Waals surface area contributed by atoms with Crippen molar-refractivity contribution in [2.24, 2.45) is 4.66 Å². The second kappa shape index (κ2) is 11.1. The highest BCUT2D eigenvalue weighted by atomic mass is 28.3. The van der Waals surface area contributed by atoms with Gasteiger partial charge in [0.1, 0.15) is 5.84 Å². The van der Waals surface area contributed by atoms with Crippen molar-refractivity contribution in [2.45, 2.75) is 24.8 Å². The maximum atomic E-state index is 6.08. The minimum absolute atomic E-state index is 0.119. The molecule has 4 heteroatoms. The molecule has 3 aliphatic rings. The highest BCUT2D eigenvalue weighted by Crippen LogP contribution is 2.55. The highest BCUT2D eigenvalue weighted by molar-refractivity contribution is 7.02. The van der Waals surface area contributed by atoms with E-state index in [-0.39, 0.29) is 5.92 Å². The van der Waals surface area contributed by atoms with Gasteiger partial charge < -0.3 is 9.88 Å². The molecule has 0 saturated heterocycles. The average molecular weight is 696 g/mol. The monoisotopic (exact) mass is 695 g/mol. The molecule has 4 heterocycles. The topological polar surface area (TPSA) is 29.3 Å². The van der Waals surface area contributed by atoms with Crippen LogP contribution in [-0.4, -0.2) is 18.6 Å². The molecule has 1 aromatic heterocycles. The van der Waals surface area contributed by atoms with Crippen molar-refractivity contribution >= 4 is 51.9 Å². The number of rotatable bonds is 2. The predicted molar refractivity (Wildman–Crippen MR) is 222 cm³/mol. The molecule has 1 spiro atoms. The van der Waals surface area contributed by atoms with Gasteiger partial charge in [-0.05, 0) is 62.4 Å². The Morgan fingerprint density at radius 3 is 2.04 bits per heavy atom. The van der Waals surface area contributed by atoms with Gasteiger partial charge in [-0.2, -0.15) is 0 Å². The number of allylic oxidation sites excluding steroid dienone is 1. The third-order valence-electron chi connectivity index (χ3n) is 12.1. The summed E-state index contributed by atoms with van der Waals surface area (Å²) in [6.07, 6.45) is 2.42. The van der Waals surface area contributed by atoms with E-state index in [2.05, 4.69) is 199 Å². The summed E-state index contributed by atoms with van der Waals surface area (Å²) in [5.41, 5.74) is 13.3. The highest BCUT2D eigenvalue weighted by Gasteiger charge is 2.56. The molecule has 0 amide bonds. The molecular formula is C49H37N3Si. The van der Waals surface area contributed by atoms with Crippen LogP contribution in [0.3, 0.4) is 0 Å². The Morgan fingerprint density at radius 2 is 1.21 bits per heavy atom. The maximum Gasteiger partial charge on any atom is 0.243 e. The quantitative estimate of drug-likeness (QED) is 0.179. The Bertz CT molecular complexity index is 2850. The van der Waals surface area contributed by atoms with Crippen molar-refractivity contribution in [1.82, 2.24) is 9.88 Å². The van der Waals surface area contributed by atoms with Crippen LogP contribution in [0.15, 0.2) is 181 Å². The van der Waals surface area contributed by atoms with Crippen LogP contribution in [0.2, 0.25) is 6.55 Å². The first kappa shape index (κ1) is 30.4. The van der Waals surface area contributed by atoms with Crippen molar-refractivity contribution in [3.63, 3.8) is 0 Å². The van der Waals surface area contributed by atoms with E-state index in [0.717, 1.165) is 22.7 Å². The van der Waals surface area contributed by atoms with E-state index >= 15 is 0 Å². The molecule has 3 unspecified atom stereocenters. The molecule has 11 rings (SSSR count). The third kappa shape index (κ3) is 4.02. The summed E-state index contributed by atoms with van der Waals surface area (Å²) in [7, 11) is -2.90. The fourth-order valence-corrected chi connectivity index (χ4v) is 14.0. The number of hydrogen-bond acceptors (Lipinski definition) is 2. The molecule has 0 radical (unpaired) electrons. The number of nitrogens with zero attached hydrogens (tertiary/aromatic N) is 2. The van der Waals surface area contributed by atoms with Gasteiger partial charge in [-0.15, -0.1) is 0 Å². The van der Waals surface area contributed by atoms with Gasteiger partial charge in [0, 0.05) is 28.0 Å². The Labute approximate surface area is 310 Å². The fraction of sp³-hybridized carbons (Fsp3) is 0.0816. The summed E-state index contributed by atoms with van der Waals surface area (Å²) >= 11 is 0. The predicted octanol–water partition coefficient (Wildman–Crippen LogP) is 9.68. The van der Waals surface area contributed by atoms with Gasteiger partial charge in [0.2, 0.25) is 8.24 Å². The first-order chi connectivity index (χ1) is 26.1. The smallest absolute Gasteiger partial charge is 0.243 e. The lowest BCUT2D eigenvalue weighted by Gasteiger charge is -2.50. The molecule has 8 aromatic rings. The lowest BCUT2D eigenvalue weighted by molar-refractivity contribution is 0.729. The summed E-state index contributed by atoms with van der Waals surface area (Å²) in [4.78, 5) is 0. The normalized spacial score (nSPS) is 22.9. The van der Waals surface area contributed by atoms with Gasteiger partial charge in [0.05, 0.1) is 22.1 Å². The molecule has 53 heavy (non-hydrogen) atoms. The Hall–Kier alpha value is -6.23. The van der Waals surface area contributed by atoms with Crippen molar-refractivity contribution in [3.05, 3.63) is 215 Å². The number of nitrogens with one attached hydrogen (secondary N) is 1. The molecule has 0 bridgehead atoms. The lowest BCUT2D eigenvalue weighted by atomic mass is 9.62. The zero-order valence-electron chi connectivity index (χ0n) is 29.7. The van der Waals surface area contributed by atoms with E-state index in [1.807, 2.05) is 0 Å². The molecule has 252 valence electrons. The van der Waals surface area contributed by atoms with E-state index in [1.54, 1.807) is 0 Å². The Balaban J connectivity index is 1.33. The molecule has 0 fully saturated rings. The van der Waals surface area contributed by atoms with Crippen LogP contribution in [0.1, 0.15) is 51.8 Å². The van der Waals surface area contributed by atoms with Gasteiger partial charge in [0.15, 0.2) is 0 Å². The molecule has 3 nitrogen and oxygen atoms in total. The summed E-state index contributed by atoms with van der Waals surface area (Å²) in [6.45, 7) is 4.85. The number of para-hydroxylation sites is 3. The van der Waals surface area contributed by atoms with Crippen LogP contribution in [0.25, 0.3) is 33.2 Å². The number of fused-ring (bicyclic) bond motifs is 11. The molecule has 7 aromatic carbocycles. The second-order valence-electron chi connectivity index (χ2n) is 14.9. The zero-order valence-corrected chi connectivity index (χ0v) is 30.7. The Morgan fingerprint density at radius 1 is 0.585 bits per heavy atom. The summed E-state index contributed by atoms with van der Waals surface area (Å²) in [5.74, 6) is 1.04. The number of benzene rings is 7. The minimum Gasteiger partial charge on any atom is -0.340 e. The number of hydrogen-bond donors (Lipinski definition) is 1. The van der Waals surface area contributed by atoms with Gasteiger partial charge >= 0.3 is 0 Å².